The molecule has 0 amide bonds. The molecule has 3 heterocycles. The van der Waals surface area contributed by atoms with Crippen LogP contribution in [0.25, 0.3) is 0 Å². The molecule has 35 heavy (non-hydrogen) atoms. The van der Waals surface area contributed by atoms with Gasteiger partial charge < -0.3 is 4.90 Å². The van der Waals surface area contributed by atoms with E-state index in [1.54, 1.807) is 12.3 Å². The van der Waals surface area contributed by atoms with E-state index in [1.807, 2.05) is 0 Å². The molecule has 0 radical (unpaired) electrons. The summed E-state index contributed by atoms with van der Waals surface area (Å²) in [6.07, 6.45) is -2.82. The summed E-state index contributed by atoms with van der Waals surface area (Å²) in [7, 11) is 0.686. The molecule has 1 aromatic heterocycles. The standard InChI is InChI=1S/C22H32F3N7O2S/c1-28(2)6-7-29-8-10-30(11-9-29)21-16-32(35(33,34)17-21)15-20-14-31(27-26-20)13-18-4-3-5-19(12-18)22(23,24)25/h3-5,12,14,21H,6-11,13,15-17H2,1-2H3. The van der Waals surface area contributed by atoms with Crippen LogP contribution in [0.4, 0.5) is 13.2 Å². The maximum Gasteiger partial charge on any atom is 0.416 e. The van der Waals surface area contributed by atoms with Crippen molar-refractivity contribution in [1.29, 1.82) is 0 Å². The average molecular weight is 516 g/mol. The zero-order valence-corrected chi connectivity index (χ0v) is 20.8. The van der Waals surface area contributed by atoms with Gasteiger partial charge in [-0.1, -0.05) is 17.3 Å². The zero-order valence-electron chi connectivity index (χ0n) is 20.0. The van der Waals surface area contributed by atoms with Gasteiger partial charge in [0, 0.05) is 51.9 Å². The molecule has 4 rings (SSSR count). The Morgan fingerprint density at radius 1 is 1.11 bits per heavy atom. The van der Waals surface area contributed by atoms with Gasteiger partial charge in [-0.3, -0.25) is 9.80 Å². The highest BCUT2D eigenvalue weighted by Crippen LogP contribution is 2.29. The van der Waals surface area contributed by atoms with Crippen LogP contribution in [-0.4, -0.2) is 114 Å². The molecule has 1 atom stereocenters. The second kappa shape index (κ2) is 10.5. The van der Waals surface area contributed by atoms with Crippen molar-refractivity contribution >= 4 is 10.0 Å². The van der Waals surface area contributed by atoms with Crippen molar-refractivity contribution < 1.29 is 21.6 Å². The van der Waals surface area contributed by atoms with Crippen LogP contribution in [0.15, 0.2) is 30.5 Å². The van der Waals surface area contributed by atoms with E-state index in [0.29, 0.717) is 17.8 Å². The number of hydrogen-bond donors (Lipinski definition) is 0. The lowest BCUT2D eigenvalue weighted by Gasteiger charge is -2.37. The summed E-state index contributed by atoms with van der Waals surface area (Å²) in [6.45, 7) is 6.16. The van der Waals surface area contributed by atoms with Gasteiger partial charge in [0.25, 0.3) is 0 Å². The van der Waals surface area contributed by atoms with Gasteiger partial charge in [0.05, 0.1) is 36.3 Å². The van der Waals surface area contributed by atoms with E-state index in [-0.39, 0.29) is 24.9 Å². The third kappa shape index (κ3) is 6.79. The highest BCUT2D eigenvalue weighted by Gasteiger charge is 2.40. The summed E-state index contributed by atoms with van der Waals surface area (Å²) in [5.74, 6) is 0.0864. The molecule has 2 fully saturated rings. The predicted octanol–water partition coefficient (Wildman–Crippen LogP) is 1.04. The largest absolute Gasteiger partial charge is 0.416 e. The third-order valence-electron chi connectivity index (χ3n) is 6.52. The van der Waals surface area contributed by atoms with Crippen molar-refractivity contribution in [3.8, 4) is 0 Å². The normalized spacial score (nSPS) is 22.3. The van der Waals surface area contributed by atoms with Gasteiger partial charge in [0.2, 0.25) is 10.0 Å². The quantitative estimate of drug-likeness (QED) is 0.520. The smallest absolute Gasteiger partial charge is 0.308 e. The van der Waals surface area contributed by atoms with Crippen LogP contribution in [0, 0.1) is 0 Å². The number of halogens is 3. The Bertz CT molecular complexity index is 1100. The minimum Gasteiger partial charge on any atom is -0.308 e. The summed E-state index contributed by atoms with van der Waals surface area (Å²) in [4.78, 5) is 6.82. The molecule has 2 aromatic rings. The van der Waals surface area contributed by atoms with Crippen molar-refractivity contribution in [3.63, 3.8) is 0 Å². The molecule has 0 aliphatic carbocycles. The second-order valence-corrected chi connectivity index (χ2v) is 11.5. The molecule has 194 valence electrons. The Kier molecular flexibility index (Phi) is 7.81. The minimum atomic E-state index is -4.41. The first kappa shape index (κ1) is 26.0. The van der Waals surface area contributed by atoms with Gasteiger partial charge in [-0.25, -0.2) is 13.1 Å². The van der Waals surface area contributed by atoms with E-state index in [0.717, 1.165) is 51.4 Å². The van der Waals surface area contributed by atoms with Crippen molar-refractivity contribution in [2.75, 3.05) is 65.7 Å². The number of nitrogens with zero attached hydrogens (tertiary/aromatic N) is 7. The number of benzene rings is 1. The van der Waals surface area contributed by atoms with Crippen molar-refractivity contribution in [1.82, 2.24) is 34.0 Å². The molecule has 0 N–H and O–H groups in total. The number of likely N-dealkylation sites (N-methyl/N-ethyl adjacent to an activating group) is 1. The SMILES string of the molecule is CN(C)CCN1CCN(C2CN(Cc3cn(Cc4cccc(C(F)(F)F)c4)nn3)S(=O)(=O)C2)CC1. The first-order chi connectivity index (χ1) is 16.5. The van der Waals surface area contributed by atoms with E-state index in [1.165, 1.54) is 15.1 Å². The van der Waals surface area contributed by atoms with Gasteiger partial charge in [-0.05, 0) is 31.8 Å². The minimum absolute atomic E-state index is 0.0591. The number of rotatable bonds is 8. The number of piperazine rings is 1. The molecule has 1 aromatic carbocycles. The Morgan fingerprint density at radius 3 is 2.54 bits per heavy atom. The maximum atomic E-state index is 13.0. The summed E-state index contributed by atoms with van der Waals surface area (Å²) in [5, 5.41) is 8.04. The molecule has 0 saturated carbocycles. The predicted molar refractivity (Wildman–Crippen MR) is 125 cm³/mol. The van der Waals surface area contributed by atoms with Crippen LogP contribution in [0.1, 0.15) is 16.8 Å². The number of alkyl halides is 3. The fourth-order valence-corrected chi connectivity index (χ4v) is 6.27. The molecule has 9 nitrogen and oxygen atoms in total. The molecule has 0 bridgehead atoms. The summed E-state index contributed by atoms with van der Waals surface area (Å²) < 4.78 is 67.4. The maximum absolute atomic E-state index is 13.0. The highest BCUT2D eigenvalue weighted by molar-refractivity contribution is 7.89. The van der Waals surface area contributed by atoms with Gasteiger partial charge in [-0.2, -0.15) is 17.5 Å². The third-order valence-corrected chi connectivity index (χ3v) is 8.39. The monoisotopic (exact) mass is 515 g/mol. The average Bonchev–Trinajstić information content (AvgIpc) is 3.35. The topological polar surface area (TPSA) is 77.8 Å². The molecule has 1 unspecified atom stereocenters. The van der Waals surface area contributed by atoms with Crippen molar-refractivity contribution in [2.45, 2.75) is 25.3 Å². The summed E-state index contributed by atoms with van der Waals surface area (Å²) >= 11 is 0. The van der Waals surface area contributed by atoms with E-state index < -0.39 is 21.8 Å². The van der Waals surface area contributed by atoms with Gasteiger partial charge >= 0.3 is 6.18 Å². The van der Waals surface area contributed by atoms with Gasteiger partial charge in [0.15, 0.2) is 0 Å². The van der Waals surface area contributed by atoms with Crippen LogP contribution in [0.2, 0.25) is 0 Å². The number of hydrogen-bond acceptors (Lipinski definition) is 7. The van der Waals surface area contributed by atoms with Crippen LogP contribution in [-0.2, 0) is 29.3 Å². The number of aromatic nitrogens is 3. The molecular weight excluding hydrogens is 483 g/mol. The first-order valence-electron chi connectivity index (χ1n) is 11.6. The molecule has 2 saturated heterocycles. The van der Waals surface area contributed by atoms with Crippen LogP contribution in [0.3, 0.4) is 0 Å². The number of sulfonamides is 1. The Hall–Kier alpha value is -2.06. The van der Waals surface area contributed by atoms with E-state index in [2.05, 4.69) is 39.1 Å². The zero-order chi connectivity index (χ0) is 25.2. The van der Waals surface area contributed by atoms with E-state index in [4.69, 9.17) is 0 Å². The summed E-state index contributed by atoms with van der Waals surface area (Å²) in [6, 6.07) is 4.99. The van der Waals surface area contributed by atoms with E-state index >= 15 is 0 Å². The lowest BCUT2D eigenvalue weighted by molar-refractivity contribution is -0.137. The lowest BCUT2D eigenvalue weighted by Crippen LogP contribution is -2.52. The molecule has 13 heteroatoms. The van der Waals surface area contributed by atoms with Crippen molar-refractivity contribution in [2.24, 2.45) is 0 Å². The molecular formula is C22H32F3N7O2S. The Morgan fingerprint density at radius 2 is 1.86 bits per heavy atom. The first-order valence-corrected chi connectivity index (χ1v) is 13.2. The highest BCUT2D eigenvalue weighted by atomic mass is 32.2. The van der Waals surface area contributed by atoms with Gasteiger partial charge in [0.1, 0.15) is 0 Å². The van der Waals surface area contributed by atoms with Crippen LogP contribution < -0.4 is 0 Å². The van der Waals surface area contributed by atoms with Crippen LogP contribution >= 0.6 is 0 Å². The van der Waals surface area contributed by atoms with E-state index in [9.17, 15) is 21.6 Å². The van der Waals surface area contributed by atoms with Crippen molar-refractivity contribution in [3.05, 3.63) is 47.3 Å². The second-order valence-electron chi connectivity index (χ2n) is 9.51. The Balaban J connectivity index is 1.32. The molecule has 2 aliphatic rings. The fourth-order valence-electron chi connectivity index (χ4n) is 4.53. The fraction of sp³-hybridized carbons (Fsp3) is 0.636. The van der Waals surface area contributed by atoms with Crippen LogP contribution in [0.5, 0.6) is 0 Å². The van der Waals surface area contributed by atoms with Gasteiger partial charge in [-0.15, -0.1) is 5.10 Å². The molecule has 2 aliphatic heterocycles. The molecule has 0 spiro atoms. The Labute approximate surface area is 204 Å². The summed E-state index contributed by atoms with van der Waals surface area (Å²) in [5.41, 5.74) is 0.188. The lowest BCUT2D eigenvalue weighted by atomic mass is 10.1.